The summed E-state index contributed by atoms with van der Waals surface area (Å²) >= 11 is 5.54. The van der Waals surface area contributed by atoms with Crippen LogP contribution in [0.3, 0.4) is 0 Å². The highest BCUT2D eigenvalue weighted by Crippen LogP contribution is 2.33. The molecule has 0 aromatic heterocycles. The highest BCUT2D eigenvalue weighted by Gasteiger charge is 2.37. The van der Waals surface area contributed by atoms with Gasteiger partial charge in [0.1, 0.15) is 0 Å². The van der Waals surface area contributed by atoms with Gasteiger partial charge in [-0.1, -0.05) is 12.1 Å². The highest BCUT2D eigenvalue weighted by atomic mass is 35.5. The van der Waals surface area contributed by atoms with Crippen molar-refractivity contribution in [2.45, 2.75) is 17.1 Å². The molecule has 1 aromatic carbocycles. The Morgan fingerprint density at radius 2 is 1.95 bits per heavy atom. The van der Waals surface area contributed by atoms with Gasteiger partial charge in [-0.05, 0) is 12.1 Å². The molecule has 1 aromatic rings. The van der Waals surface area contributed by atoms with E-state index < -0.39 is 32.7 Å². The van der Waals surface area contributed by atoms with Gasteiger partial charge in [0.05, 0.1) is 23.1 Å². The Balaban J connectivity index is 3.16. The number of ether oxygens (including phenoxy) is 1. The second kappa shape index (κ2) is 6.75. The number of nitrogens with one attached hydrogen (secondary N) is 1. The van der Waals surface area contributed by atoms with Crippen molar-refractivity contribution in [3.63, 3.8) is 0 Å². The molecule has 0 amide bonds. The number of benzene rings is 1. The summed E-state index contributed by atoms with van der Waals surface area (Å²) in [6.07, 6.45) is -4.76. The average molecular weight is 332 g/mol. The second-order valence-corrected chi connectivity index (χ2v) is 5.91. The van der Waals surface area contributed by atoms with E-state index in [-0.39, 0.29) is 12.5 Å². The van der Waals surface area contributed by atoms with Gasteiger partial charge in [0, 0.05) is 13.0 Å². The first-order valence-electron chi connectivity index (χ1n) is 5.46. The fourth-order valence-corrected chi connectivity index (χ4v) is 3.24. The predicted molar refractivity (Wildman–Crippen MR) is 68.1 cm³/mol. The van der Waals surface area contributed by atoms with Crippen molar-refractivity contribution >= 4 is 21.6 Å². The lowest BCUT2D eigenvalue weighted by Gasteiger charge is -2.18. The normalized spacial score (nSPS) is 14.2. The van der Waals surface area contributed by atoms with Crippen molar-refractivity contribution in [3.8, 4) is 0 Å². The van der Waals surface area contributed by atoms with Crippen LogP contribution in [0.2, 0.25) is 0 Å². The summed E-state index contributed by atoms with van der Waals surface area (Å²) in [6.45, 7) is -0.0447. The van der Waals surface area contributed by atoms with E-state index in [1.807, 2.05) is 0 Å². The predicted octanol–water partition coefficient (Wildman–Crippen LogP) is 2.24. The van der Waals surface area contributed by atoms with Crippen LogP contribution in [0.25, 0.3) is 0 Å². The molecule has 0 fully saturated rings. The summed E-state index contributed by atoms with van der Waals surface area (Å²) in [5.41, 5.74) is -1.22. The minimum absolute atomic E-state index is 0.0447. The first-order valence-corrected chi connectivity index (χ1v) is 7.47. The maximum atomic E-state index is 12.8. The molecule has 0 heterocycles. The van der Waals surface area contributed by atoms with Gasteiger partial charge in [0.15, 0.2) is 0 Å². The smallest absolute Gasteiger partial charge is 0.383 e. The monoisotopic (exact) mass is 331 g/mol. The van der Waals surface area contributed by atoms with Gasteiger partial charge in [0.2, 0.25) is 10.0 Å². The summed E-state index contributed by atoms with van der Waals surface area (Å²) < 4.78 is 69.3. The van der Waals surface area contributed by atoms with Crippen molar-refractivity contribution in [1.29, 1.82) is 0 Å². The van der Waals surface area contributed by atoms with E-state index in [1.165, 1.54) is 13.2 Å². The fourth-order valence-electron chi connectivity index (χ4n) is 1.53. The summed E-state index contributed by atoms with van der Waals surface area (Å²) in [7, 11) is -3.01. The maximum Gasteiger partial charge on any atom is 0.417 e. The number of hydrogen-bond acceptors (Lipinski definition) is 3. The van der Waals surface area contributed by atoms with Gasteiger partial charge >= 0.3 is 6.18 Å². The lowest BCUT2D eigenvalue weighted by atomic mass is 10.2. The quantitative estimate of drug-likeness (QED) is 0.813. The molecule has 1 atom stereocenters. The lowest BCUT2D eigenvalue weighted by molar-refractivity contribution is -0.139. The SMILES string of the molecule is COCC(CCl)NS(=O)(=O)c1ccccc1C(F)(F)F. The van der Waals surface area contributed by atoms with Gasteiger partial charge in [-0.25, -0.2) is 13.1 Å². The summed E-state index contributed by atoms with van der Waals surface area (Å²) in [6, 6.07) is 3.13. The van der Waals surface area contributed by atoms with Crippen LogP contribution in [0.5, 0.6) is 0 Å². The van der Waals surface area contributed by atoms with Crippen molar-refractivity contribution < 1.29 is 26.3 Å². The molecule has 1 unspecified atom stereocenters. The van der Waals surface area contributed by atoms with Gasteiger partial charge < -0.3 is 4.74 Å². The van der Waals surface area contributed by atoms with Crippen LogP contribution in [0.1, 0.15) is 5.56 Å². The molecule has 1 rings (SSSR count). The Morgan fingerprint density at radius 1 is 1.35 bits per heavy atom. The second-order valence-electron chi connectivity index (χ2n) is 3.92. The third-order valence-electron chi connectivity index (χ3n) is 2.36. The van der Waals surface area contributed by atoms with Crippen LogP contribution in [-0.4, -0.2) is 34.1 Å². The van der Waals surface area contributed by atoms with Crippen molar-refractivity contribution in [2.24, 2.45) is 0 Å². The molecule has 0 saturated heterocycles. The van der Waals surface area contributed by atoms with Crippen molar-refractivity contribution in [3.05, 3.63) is 29.8 Å². The first-order chi connectivity index (χ1) is 9.22. The standard InChI is InChI=1S/C11H13ClF3NO3S/c1-19-7-8(6-12)16-20(17,18)10-5-3-2-4-9(10)11(13,14)15/h2-5,8,16H,6-7H2,1H3. The third kappa shape index (κ3) is 4.34. The molecule has 0 aliphatic heterocycles. The Bertz CT molecular complexity index is 548. The van der Waals surface area contributed by atoms with Crippen LogP contribution in [0.4, 0.5) is 13.2 Å². The van der Waals surface area contributed by atoms with E-state index in [9.17, 15) is 21.6 Å². The number of hydrogen-bond donors (Lipinski definition) is 1. The zero-order valence-corrected chi connectivity index (χ0v) is 12.0. The van der Waals surface area contributed by atoms with E-state index in [4.69, 9.17) is 16.3 Å². The number of halogens is 4. The Kier molecular flexibility index (Phi) is 5.81. The Labute approximate surface area is 119 Å². The first kappa shape index (κ1) is 17.2. The topological polar surface area (TPSA) is 55.4 Å². The number of methoxy groups -OCH3 is 1. The van der Waals surface area contributed by atoms with Gasteiger partial charge in [0.25, 0.3) is 0 Å². The van der Waals surface area contributed by atoms with Crippen LogP contribution in [-0.2, 0) is 20.9 Å². The van der Waals surface area contributed by atoms with Gasteiger partial charge in [-0.15, -0.1) is 11.6 Å². The zero-order valence-electron chi connectivity index (χ0n) is 10.4. The van der Waals surface area contributed by atoms with Crippen molar-refractivity contribution in [1.82, 2.24) is 4.72 Å². The van der Waals surface area contributed by atoms with E-state index in [2.05, 4.69) is 4.72 Å². The zero-order chi connectivity index (χ0) is 15.4. The molecule has 0 aliphatic rings. The summed E-state index contributed by atoms with van der Waals surface area (Å²) in [4.78, 5) is -0.835. The lowest BCUT2D eigenvalue weighted by Crippen LogP contribution is -2.39. The van der Waals surface area contributed by atoms with Crippen molar-refractivity contribution in [2.75, 3.05) is 19.6 Å². The highest BCUT2D eigenvalue weighted by molar-refractivity contribution is 7.89. The van der Waals surface area contributed by atoms with Crippen LogP contribution in [0, 0.1) is 0 Å². The summed E-state index contributed by atoms with van der Waals surface area (Å²) in [5.74, 6) is -0.124. The van der Waals surface area contributed by atoms with E-state index in [1.54, 1.807) is 0 Å². The molecule has 1 N–H and O–H groups in total. The molecule has 0 bridgehead atoms. The molecule has 0 spiro atoms. The number of alkyl halides is 4. The minimum Gasteiger partial charge on any atom is -0.383 e. The Hall–Kier alpha value is -0.830. The maximum absolute atomic E-state index is 12.8. The van der Waals surface area contributed by atoms with E-state index >= 15 is 0 Å². The molecular formula is C11H13ClF3NO3S. The molecule has 4 nitrogen and oxygen atoms in total. The largest absolute Gasteiger partial charge is 0.417 e. The van der Waals surface area contributed by atoms with Crippen LogP contribution in [0.15, 0.2) is 29.2 Å². The fraction of sp³-hybridized carbons (Fsp3) is 0.455. The molecule has 9 heteroatoms. The number of sulfonamides is 1. The molecule has 20 heavy (non-hydrogen) atoms. The number of rotatable bonds is 6. The molecule has 0 aliphatic carbocycles. The molecule has 114 valence electrons. The average Bonchev–Trinajstić information content (AvgIpc) is 2.37. The molecule has 0 saturated carbocycles. The van der Waals surface area contributed by atoms with Crippen LogP contribution >= 0.6 is 11.6 Å². The summed E-state index contributed by atoms with van der Waals surface area (Å²) in [5, 5.41) is 0. The van der Waals surface area contributed by atoms with Gasteiger partial charge in [-0.2, -0.15) is 13.2 Å². The van der Waals surface area contributed by atoms with Gasteiger partial charge in [-0.3, -0.25) is 0 Å². The minimum atomic E-state index is -4.76. The molecular weight excluding hydrogens is 319 g/mol. The molecule has 0 radical (unpaired) electrons. The van der Waals surface area contributed by atoms with E-state index in [0.717, 1.165) is 12.1 Å². The Morgan fingerprint density at radius 3 is 2.45 bits per heavy atom. The van der Waals surface area contributed by atoms with E-state index in [0.29, 0.717) is 6.07 Å². The third-order valence-corrected chi connectivity index (χ3v) is 4.31. The van der Waals surface area contributed by atoms with Crippen LogP contribution < -0.4 is 4.72 Å².